The lowest BCUT2D eigenvalue weighted by atomic mass is 10.3. The molecular weight excluding hydrogens is 234 g/mol. The van der Waals surface area contributed by atoms with Gasteiger partial charge in [-0.1, -0.05) is 47.7 Å². The SMILES string of the molecule is C[Si](C)(c1cccc(F)c1)c1cccc(F)c1. The Bertz CT molecular complexity index is 488. The fourth-order valence-electron chi connectivity index (χ4n) is 1.92. The van der Waals surface area contributed by atoms with E-state index in [0.717, 1.165) is 10.4 Å². The lowest BCUT2D eigenvalue weighted by molar-refractivity contribution is 0.629. The molecule has 0 heterocycles. The first-order valence-corrected chi connectivity index (χ1v) is 8.52. The van der Waals surface area contributed by atoms with Crippen molar-refractivity contribution in [1.29, 1.82) is 0 Å². The van der Waals surface area contributed by atoms with Gasteiger partial charge >= 0.3 is 0 Å². The molecule has 3 heteroatoms. The van der Waals surface area contributed by atoms with Gasteiger partial charge in [0.15, 0.2) is 0 Å². The highest BCUT2D eigenvalue weighted by atomic mass is 28.3. The highest BCUT2D eigenvalue weighted by molar-refractivity contribution is 7.00. The molecule has 0 aromatic heterocycles. The van der Waals surface area contributed by atoms with Crippen LogP contribution in [0.3, 0.4) is 0 Å². The predicted molar refractivity (Wildman–Crippen MR) is 69.6 cm³/mol. The van der Waals surface area contributed by atoms with E-state index in [-0.39, 0.29) is 11.6 Å². The molecule has 88 valence electrons. The summed E-state index contributed by atoms with van der Waals surface area (Å²) >= 11 is 0. The summed E-state index contributed by atoms with van der Waals surface area (Å²) < 4.78 is 26.5. The fourth-order valence-corrected chi connectivity index (χ4v) is 4.28. The van der Waals surface area contributed by atoms with E-state index in [1.165, 1.54) is 12.1 Å². The third kappa shape index (κ3) is 2.44. The largest absolute Gasteiger partial charge is 0.207 e. The highest BCUT2D eigenvalue weighted by Crippen LogP contribution is 2.07. The third-order valence-corrected chi connectivity index (χ3v) is 6.60. The molecule has 2 aromatic carbocycles. The molecule has 0 unspecified atom stereocenters. The van der Waals surface area contributed by atoms with Crippen LogP contribution in [0.2, 0.25) is 13.1 Å². The van der Waals surface area contributed by atoms with Crippen molar-refractivity contribution >= 4 is 18.4 Å². The minimum atomic E-state index is -2.00. The predicted octanol–water partition coefficient (Wildman–Crippen LogP) is 2.79. The molecule has 0 saturated carbocycles. The van der Waals surface area contributed by atoms with E-state index in [1.807, 2.05) is 12.1 Å². The monoisotopic (exact) mass is 248 g/mol. The zero-order valence-corrected chi connectivity index (χ0v) is 10.9. The van der Waals surface area contributed by atoms with Crippen molar-refractivity contribution in [3.05, 3.63) is 60.2 Å². The van der Waals surface area contributed by atoms with Crippen LogP contribution in [0.4, 0.5) is 8.78 Å². The topological polar surface area (TPSA) is 0 Å². The number of hydrogen-bond acceptors (Lipinski definition) is 0. The van der Waals surface area contributed by atoms with E-state index in [2.05, 4.69) is 13.1 Å². The summed E-state index contributed by atoms with van der Waals surface area (Å²) in [7, 11) is -2.00. The summed E-state index contributed by atoms with van der Waals surface area (Å²) in [4.78, 5) is 0. The van der Waals surface area contributed by atoms with Crippen molar-refractivity contribution in [3.63, 3.8) is 0 Å². The maximum absolute atomic E-state index is 13.2. The Hall–Kier alpha value is -1.48. The van der Waals surface area contributed by atoms with E-state index in [4.69, 9.17) is 0 Å². The normalized spacial score (nSPS) is 11.5. The Labute approximate surface area is 101 Å². The van der Waals surface area contributed by atoms with Gasteiger partial charge in [-0.05, 0) is 24.3 Å². The van der Waals surface area contributed by atoms with Gasteiger partial charge in [-0.2, -0.15) is 0 Å². The van der Waals surface area contributed by atoms with Crippen LogP contribution in [-0.4, -0.2) is 8.07 Å². The maximum atomic E-state index is 13.2. The minimum Gasteiger partial charge on any atom is -0.207 e. The number of hydrogen-bond donors (Lipinski definition) is 0. The molecule has 0 bridgehead atoms. The van der Waals surface area contributed by atoms with Crippen molar-refractivity contribution in [2.75, 3.05) is 0 Å². The lowest BCUT2D eigenvalue weighted by Crippen LogP contribution is -2.53. The summed E-state index contributed by atoms with van der Waals surface area (Å²) in [6.45, 7) is 4.19. The van der Waals surface area contributed by atoms with E-state index in [1.54, 1.807) is 24.3 Å². The van der Waals surface area contributed by atoms with Gasteiger partial charge in [0.1, 0.15) is 19.7 Å². The molecule has 17 heavy (non-hydrogen) atoms. The molecular formula is C14H14F2Si. The molecule has 0 spiro atoms. The highest BCUT2D eigenvalue weighted by Gasteiger charge is 2.26. The van der Waals surface area contributed by atoms with E-state index in [0.29, 0.717) is 0 Å². The second kappa shape index (κ2) is 4.41. The summed E-state index contributed by atoms with van der Waals surface area (Å²) in [6, 6.07) is 13.2. The van der Waals surface area contributed by atoms with Gasteiger partial charge in [-0.25, -0.2) is 8.78 Å². The summed E-state index contributed by atoms with van der Waals surface area (Å²) in [5.41, 5.74) is 0. The Morgan fingerprint density at radius 2 is 1.18 bits per heavy atom. The molecule has 0 amide bonds. The summed E-state index contributed by atoms with van der Waals surface area (Å²) in [6.07, 6.45) is 0. The molecule has 0 nitrogen and oxygen atoms in total. The van der Waals surface area contributed by atoms with E-state index in [9.17, 15) is 8.78 Å². The second-order valence-corrected chi connectivity index (χ2v) is 9.05. The van der Waals surface area contributed by atoms with Gasteiger partial charge < -0.3 is 0 Å². The molecule has 0 atom stereocenters. The molecule has 2 aromatic rings. The average molecular weight is 248 g/mol. The third-order valence-electron chi connectivity index (χ3n) is 3.09. The first-order valence-electron chi connectivity index (χ1n) is 5.52. The zero-order chi connectivity index (χ0) is 12.5. The number of rotatable bonds is 2. The summed E-state index contributed by atoms with van der Waals surface area (Å²) in [5, 5.41) is 1.95. The maximum Gasteiger partial charge on any atom is 0.123 e. The van der Waals surface area contributed by atoms with Crippen molar-refractivity contribution in [1.82, 2.24) is 0 Å². The Kier molecular flexibility index (Phi) is 3.11. The Balaban J connectivity index is 2.49. The summed E-state index contributed by atoms with van der Waals surface area (Å²) in [5.74, 6) is -0.473. The van der Waals surface area contributed by atoms with Gasteiger partial charge in [-0.3, -0.25) is 0 Å². The van der Waals surface area contributed by atoms with Gasteiger partial charge in [0.05, 0.1) is 0 Å². The molecule has 0 aliphatic heterocycles. The van der Waals surface area contributed by atoms with Gasteiger partial charge in [0.25, 0.3) is 0 Å². The molecule has 0 radical (unpaired) electrons. The van der Waals surface area contributed by atoms with Crippen LogP contribution in [0.15, 0.2) is 48.5 Å². The fraction of sp³-hybridized carbons (Fsp3) is 0.143. The van der Waals surface area contributed by atoms with E-state index >= 15 is 0 Å². The Morgan fingerprint density at radius 1 is 0.765 bits per heavy atom. The van der Waals surface area contributed by atoms with Gasteiger partial charge in [0, 0.05) is 0 Å². The lowest BCUT2D eigenvalue weighted by Gasteiger charge is -2.23. The zero-order valence-electron chi connectivity index (χ0n) is 9.87. The molecule has 0 N–H and O–H groups in total. The first-order chi connectivity index (χ1) is 8.00. The van der Waals surface area contributed by atoms with Gasteiger partial charge in [0.2, 0.25) is 0 Å². The van der Waals surface area contributed by atoms with E-state index < -0.39 is 8.07 Å². The number of halogens is 2. The van der Waals surface area contributed by atoms with Crippen LogP contribution >= 0.6 is 0 Å². The van der Waals surface area contributed by atoms with Crippen LogP contribution < -0.4 is 10.4 Å². The van der Waals surface area contributed by atoms with Gasteiger partial charge in [-0.15, -0.1) is 0 Å². The molecule has 0 fully saturated rings. The van der Waals surface area contributed by atoms with Crippen molar-refractivity contribution in [3.8, 4) is 0 Å². The quantitative estimate of drug-likeness (QED) is 0.717. The number of benzene rings is 2. The first kappa shape index (κ1) is 12.0. The Morgan fingerprint density at radius 3 is 1.53 bits per heavy atom. The minimum absolute atomic E-state index is 0.237. The second-order valence-electron chi connectivity index (χ2n) is 4.65. The smallest absolute Gasteiger partial charge is 0.123 e. The standard InChI is InChI=1S/C14H14F2Si/c1-17(2,13-7-3-5-11(15)9-13)14-8-4-6-12(16)10-14/h3-10H,1-2H3. The van der Waals surface area contributed by atoms with Crippen molar-refractivity contribution in [2.24, 2.45) is 0 Å². The molecule has 2 rings (SSSR count). The van der Waals surface area contributed by atoms with Crippen LogP contribution in [0.1, 0.15) is 0 Å². The average Bonchev–Trinajstić information content (AvgIpc) is 2.29. The molecule has 0 aliphatic rings. The van der Waals surface area contributed by atoms with Crippen molar-refractivity contribution < 1.29 is 8.78 Å². The van der Waals surface area contributed by atoms with Crippen molar-refractivity contribution in [2.45, 2.75) is 13.1 Å². The van der Waals surface area contributed by atoms with Crippen LogP contribution in [0.25, 0.3) is 0 Å². The van der Waals surface area contributed by atoms with Crippen LogP contribution in [-0.2, 0) is 0 Å². The molecule has 0 aliphatic carbocycles. The molecule has 0 saturated heterocycles. The van der Waals surface area contributed by atoms with Crippen LogP contribution in [0.5, 0.6) is 0 Å². The van der Waals surface area contributed by atoms with Crippen LogP contribution in [0, 0.1) is 11.6 Å².